The molecule has 1 rings (SSSR count). The van der Waals surface area contributed by atoms with Gasteiger partial charge in [0.2, 0.25) is 0 Å². The van der Waals surface area contributed by atoms with Crippen LogP contribution < -0.4 is 0 Å². The standard InChI is InChI=1S/C17H30O2Si/c1-9-10-17(19-20(6,7)8)12-14(13(2)3)11-15(18)16(17,4)5/h9,14H,1-2,10-12H2,3-8H3/t14-,17-/m1/s1. The van der Waals surface area contributed by atoms with E-state index in [0.29, 0.717) is 6.42 Å². The topological polar surface area (TPSA) is 26.3 Å². The molecule has 0 bridgehead atoms. The molecule has 0 heterocycles. The number of allylic oxidation sites excluding steroid dienone is 1. The maximum Gasteiger partial charge on any atom is 0.184 e. The molecule has 1 saturated carbocycles. The fourth-order valence-electron chi connectivity index (χ4n) is 3.18. The van der Waals surface area contributed by atoms with E-state index >= 15 is 0 Å². The van der Waals surface area contributed by atoms with Crippen LogP contribution >= 0.6 is 0 Å². The van der Waals surface area contributed by atoms with Gasteiger partial charge in [-0.25, -0.2) is 0 Å². The Morgan fingerprint density at radius 2 is 2.00 bits per heavy atom. The van der Waals surface area contributed by atoms with Crippen LogP contribution in [0.1, 0.15) is 40.0 Å². The van der Waals surface area contributed by atoms with E-state index in [4.69, 9.17) is 4.43 Å². The molecule has 1 fully saturated rings. The third-order valence-corrected chi connectivity index (χ3v) is 5.52. The van der Waals surface area contributed by atoms with Crippen LogP contribution in [0.25, 0.3) is 0 Å². The lowest BCUT2D eigenvalue weighted by Crippen LogP contribution is -2.59. The first-order valence-corrected chi connectivity index (χ1v) is 10.9. The Hall–Kier alpha value is -0.673. The zero-order valence-electron chi connectivity index (χ0n) is 14.0. The van der Waals surface area contributed by atoms with Crippen LogP contribution in [-0.4, -0.2) is 19.7 Å². The molecule has 114 valence electrons. The highest BCUT2D eigenvalue weighted by Crippen LogP contribution is 2.50. The molecule has 0 aromatic carbocycles. The van der Waals surface area contributed by atoms with E-state index in [1.54, 1.807) is 0 Å². The van der Waals surface area contributed by atoms with Gasteiger partial charge in [-0.1, -0.05) is 32.1 Å². The lowest BCUT2D eigenvalue weighted by atomic mass is 9.59. The van der Waals surface area contributed by atoms with Crippen LogP contribution in [-0.2, 0) is 9.22 Å². The van der Waals surface area contributed by atoms with E-state index in [0.717, 1.165) is 18.4 Å². The molecule has 1 aliphatic carbocycles. The quantitative estimate of drug-likeness (QED) is 0.541. The Bertz CT molecular complexity index is 417. The minimum Gasteiger partial charge on any atom is -0.411 e. The molecule has 0 N–H and O–H groups in total. The largest absolute Gasteiger partial charge is 0.411 e. The molecule has 0 amide bonds. The molecule has 0 aromatic heterocycles. The second-order valence-electron chi connectivity index (χ2n) is 7.70. The second kappa shape index (κ2) is 5.61. The first kappa shape index (κ1) is 17.4. The van der Waals surface area contributed by atoms with Crippen LogP contribution in [0.5, 0.6) is 0 Å². The molecular weight excluding hydrogens is 264 g/mol. The molecule has 3 heteroatoms. The van der Waals surface area contributed by atoms with Crippen LogP contribution in [0, 0.1) is 11.3 Å². The summed E-state index contributed by atoms with van der Waals surface area (Å²) in [6.45, 7) is 20.6. The molecule has 0 aromatic rings. The van der Waals surface area contributed by atoms with Crippen molar-refractivity contribution in [2.45, 2.75) is 65.3 Å². The van der Waals surface area contributed by atoms with Crippen LogP contribution in [0.15, 0.2) is 24.8 Å². The Kier molecular flexibility index (Phi) is 4.87. The monoisotopic (exact) mass is 294 g/mol. The highest BCUT2D eigenvalue weighted by molar-refractivity contribution is 6.69. The fraction of sp³-hybridized carbons (Fsp3) is 0.706. The number of ketones is 1. The normalized spacial score (nSPS) is 30.1. The van der Waals surface area contributed by atoms with E-state index in [2.05, 4.69) is 32.8 Å². The highest BCUT2D eigenvalue weighted by Gasteiger charge is 2.55. The summed E-state index contributed by atoms with van der Waals surface area (Å²) in [5.74, 6) is 0.517. The summed E-state index contributed by atoms with van der Waals surface area (Å²) < 4.78 is 6.58. The lowest BCUT2D eigenvalue weighted by Gasteiger charge is -2.53. The van der Waals surface area contributed by atoms with Crippen molar-refractivity contribution in [1.82, 2.24) is 0 Å². The van der Waals surface area contributed by atoms with Crippen LogP contribution in [0.2, 0.25) is 19.6 Å². The second-order valence-corrected chi connectivity index (χ2v) is 12.1. The molecule has 2 nitrogen and oxygen atoms in total. The van der Waals surface area contributed by atoms with Crippen molar-refractivity contribution in [2.75, 3.05) is 0 Å². The van der Waals surface area contributed by atoms with E-state index in [-0.39, 0.29) is 11.7 Å². The van der Waals surface area contributed by atoms with E-state index in [1.807, 2.05) is 26.8 Å². The zero-order valence-corrected chi connectivity index (χ0v) is 15.0. The summed E-state index contributed by atoms with van der Waals surface area (Å²) in [5, 5.41) is 0. The van der Waals surface area contributed by atoms with Crippen molar-refractivity contribution in [3.63, 3.8) is 0 Å². The number of carbonyl (C=O) groups excluding carboxylic acids is 1. The predicted molar refractivity (Wildman–Crippen MR) is 88.3 cm³/mol. The van der Waals surface area contributed by atoms with Gasteiger partial charge in [-0.15, -0.1) is 6.58 Å². The van der Waals surface area contributed by atoms with Crippen LogP contribution in [0.4, 0.5) is 0 Å². The van der Waals surface area contributed by atoms with E-state index in [1.165, 1.54) is 0 Å². The molecule has 0 saturated heterocycles. The Labute approximate surface area is 125 Å². The first-order valence-electron chi connectivity index (χ1n) is 7.45. The van der Waals surface area contributed by atoms with Crippen molar-refractivity contribution in [3.8, 4) is 0 Å². The van der Waals surface area contributed by atoms with Crippen molar-refractivity contribution >= 4 is 14.1 Å². The summed E-state index contributed by atoms with van der Waals surface area (Å²) in [5.41, 5.74) is 0.187. The molecule has 0 unspecified atom stereocenters. The van der Waals surface area contributed by atoms with Gasteiger partial charge in [0.25, 0.3) is 0 Å². The summed E-state index contributed by atoms with van der Waals surface area (Å²) >= 11 is 0. The van der Waals surface area contributed by atoms with Crippen molar-refractivity contribution < 1.29 is 9.22 Å². The number of hydrogen-bond donors (Lipinski definition) is 0. The molecule has 0 spiro atoms. The fourth-order valence-corrected chi connectivity index (χ4v) is 4.77. The van der Waals surface area contributed by atoms with Gasteiger partial charge in [-0.3, -0.25) is 4.79 Å². The van der Waals surface area contributed by atoms with Gasteiger partial charge >= 0.3 is 0 Å². The van der Waals surface area contributed by atoms with E-state index in [9.17, 15) is 4.79 Å². The SMILES string of the molecule is C=CC[C@@]1(O[Si](C)(C)C)C[C@H](C(=C)C)CC(=O)C1(C)C. The van der Waals surface area contributed by atoms with Gasteiger partial charge in [0.15, 0.2) is 8.32 Å². The Morgan fingerprint density at radius 3 is 2.40 bits per heavy atom. The number of rotatable bonds is 5. The Morgan fingerprint density at radius 1 is 1.45 bits per heavy atom. The first-order chi connectivity index (χ1) is 8.95. The summed E-state index contributed by atoms with van der Waals surface area (Å²) in [6, 6.07) is 0. The van der Waals surface area contributed by atoms with Crippen molar-refractivity contribution in [2.24, 2.45) is 11.3 Å². The number of hydrogen-bond acceptors (Lipinski definition) is 2. The van der Waals surface area contributed by atoms with Gasteiger partial charge in [0.1, 0.15) is 5.78 Å². The average Bonchev–Trinajstić information content (AvgIpc) is 2.23. The third-order valence-electron chi connectivity index (χ3n) is 4.52. The van der Waals surface area contributed by atoms with Crippen molar-refractivity contribution in [3.05, 3.63) is 24.8 Å². The minimum atomic E-state index is -1.77. The van der Waals surface area contributed by atoms with Gasteiger partial charge in [-0.2, -0.15) is 0 Å². The minimum absolute atomic E-state index is 0.229. The molecule has 1 aliphatic rings. The van der Waals surface area contributed by atoms with Gasteiger partial charge in [0.05, 0.1) is 11.0 Å². The molecule has 20 heavy (non-hydrogen) atoms. The lowest BCUT2D eigenvalue weighted by molar-refractivity contribution is -0.151. The maximum atomic E-state index is 12.7. The predicted octanol–water partition coefficient (Wildman–Crippen LogP) is 4.73. The average molecular weight is 295 g/mol. The zero-order chi connectivity index (χ0) is 15.8. The molecular formula is C17H30O2Si. The highest BCUT2D eigenvalue weighted by atomic mass is 28.4. The van der Waals surface area contributed by atoms with Crippen molar-refractivity contribution in [1.29, 1.82) is 0 Å². The van der Waals surface area contributed by atoms with E-state index < -0.39 is 19.3 Å². The molecule has 0 aliphatic heterocycles. The maximum absolute atomic E-state index is 12.7. The van der Waals surface area contributed by atoms with Gasteiger partial charge < -0.3 is 4.43 Å². The summed E-state index contributed by atoms with van der Waals surface area (Å²) in [4.78, 5) is 12.7. The number of Topliss-reactive ketones (excluding diaryl/α,β-unsaturated/α-hetero) is 1. The van der Waals surface area contributed by atoms with Gasteiger partial charge in [-0.05, 0) is 45.3 Å². The summed E-state index contributed by atoms with van der Waals surface area (Å²) in [6.07, 6.45) is 4.09. The Balaban J connectivity index is 3.29. The third kappa shape index (κ3) is 3.32. The van der Waals surface area contributed by atoms with Gasteiger partial charge in [0, 0.05) is 6.42 Å². The number of carbonyl (C=O) groups is 1. The van der Waals surface area contributed by atoms with Crippen LogP contribution in [0.3, 0.4) is 0 Å². The smallest absolute Gasteiger partial charge is 0.184 e. The summed E-state index contributed by atoms with van der Waals surface area (Å²) in [7, 11) is -1.77. The molecule has 2 atom stereocenters. The molecule has 0 radical (unpaired) electrons.